The van der Waals surface area contributed by atoms with Crippen molar-refractivity contribution >= 4 is 11.8 Å². The lowest BCUT2D eigenvalue weighted by Gasteiger charge is -2.35. The minimum absolute atomic E-state index is 0.0850. The fourth-order valence-corrected chi connectivity index (χ4v) is 5.13. The summed E-state index contributed by atoms with van der Waals surface area (Å²) in [5, 5.41) is 44.4. The molecule has 2 fully saturated rings. The minimum Gasteiger partial charge on any atom is -0.456 e. The fraction of sp³-hybridized carbons (Fsp3) is 0.667. The third-order valence-electron chi connectivity index (χ3n) is 7.25. The quantitative estimate of drug-likeness (QED) is 0.161. The lowest BCUT2D eigenvalue weighted by atomic mass is 9.94. The summed E-state index contributed by atoms with van der Waals surface area (Å²) in [7, 11) is 0. The number of aliphatic hydroxyl groups is 4. The predicted octanol–water partition coefficient (Wildman–Crippen LogP) is -2.93. The zero-order valence-corrected chi connectivity index (χ0v) is 21.0. The van der Waals surface area contributed by atoms with Crippen molar-refractivity contribution in [2.24, 2.45) is 11.7 Å². The molecule has 2 amide bonds. The van der Waals surface area contributed by atoms with Gasteiger partial charge in [-0.3, -0.25) is 23.9 Å². The van der Waals surface area contributed by atoms with Crippen LogP contribution in [-0.2, 0) is 23.8 Å². The maximum Gasteiger partial charge on any atom is 0.330 e. The van der Waals surface area contributed by atoms with E-state index in [-0.39, 0.29) is 11.8 Å². The average molecular weight is 555 g/mol. The monoisotopic (exact) mass is 554 g/mol. The molecule has 0 bridgehead atoms. The first kappa shape index (κ1) is 28.9. The number of aromatic amines is 1. The number of nitrogens with zero attached hydrogens (tertiary/aromatic N) is 1. The first-order chi connectivity index (χ1) is 18.6. The molecule has 216 valence electrons. The van der Waals surface area contributed by atoms with E-state index in [0.29, 0.717) is 0 Å². The molecule has 0 radical (unpaired) electrons. The molecule has 8 N–H and O–H groups in total. The molecule has 1 saturated carbocycles. The van der Waals surface area contributed by atoms with Gasteiger partial charge >= 0.3 is 5.69 Å². The van der Waals surface area contributed by atoms with Crippen LogP contribution in [0.3, 0.4) is 0 Å². The Morgan fingerprint density at radius 1 is 1.15 bits per heavy atom. The topological polar surface area (TPSA) is 236 Å². The van der Waals surface area contributed by atoms with Gasteiger partial charge in [-0.15, -0.1) is 0 Å². The number of primary amides is 1. The molecule has 0 spiro atoms. The van der Waals surface area contributed by atoms with Crippen molar-refractivity contribution in [2.75, 3.05) is 6.61 Å². The molecule has 15 nitrogen and oxygen atoms in total. The highest BCUT2D eigenvalue weighted by Crippen LogP contribution is 2.36. The van der Waals surface area contributed by atoms with Crippen LogP contribution in [0.15, 0.2) is 33.7 Å². The van der Waals surface area contributed by atoms with Crippen molar-refractivity contribution in [1.29, 1.82) is 0 Å². The second-order valence-electron chi connectivity index (χ2n) is 9.97. The number of nitrogens with two attached hydrogens (primary N) is 1. The van der Waals surface area contributed by atoms with Gasteiger partial charge in [-0.2, -0.15) is 0 Å². The van der Waals surface area contributed by atoms with Gasteiger partial charge in [0.1, 0.15) is 24.4 Å². The van der Waals surface area contributed by atoms with Crippen LogP contribution in [-0.4, -0.2) is 91.3 Å². The van der Waals surface area contributed by atoms with E-state index in [1.54, 1.807) is 0 Å². The summed E-state index contributed by atoms with van der Waals surface area (Å²) < 4.78 is 17.7. The number of amides is 2. The van der Waals surface area contributed by atoms with Crippen LogP contribution in [0.1, 0.15) is 44.8 Å². The Kier molecular flexibility index (Phi) is 9.19. The van der Waals surface area contributed by atoms with Gasteiger partial charge < -0.3 is 45.7 Å². The second-order valence-corrected chi connectivity index (χ2v) is 9.97. The molecular formula is C24H34N4O11. The maximum atomic E-state index is 12.9. The number of aromatic nitrogens is 2. The van der Waals surface area contributed by atoms with Gasteiger partial charge in [-0.25, -0.2) is 4.79 Å². The van der Waals surface area contributed by atoms with Crippen molar-refractivity contribution in [1.82, 2.24) is 14.9 Å². The van der Waals surface area contributed by atoms with E-state index in [9.17, 15) is 39.6 Å². The molecule has 3 heterocycles. The molecule has 8 atom stereocenters. The summed E-state index contributed by atoms with van der Waals surface area (Å²) in [4.78, 5) is 51.0. The van der Waals surface area contributed by atoms with E-state index < -0.39 is 78.6 Å². The first-order valence-corrected chi connectivity index (χ1v) is 12.9. The Labute approximate surface area is 222 Å². The van der Waals surface area contributed by atoms with E-state index in [1.807, 2.05) is 4.98 Å². The summed E-state index contributed by atoms with van der Waals surface area (Å²) in [5.74, 6) is -3.29. The van der Waals surface area contributed by atoms with Gasteiger partial charge in [0.25, 0.3) is 11.5 Å². The van der Waals surface area contributed by atoms with Crippen molar-refractivity contribution in [3.63, 3.8) is 0 Å². The van der Waals surface area contributed by atoms with Crippen LogP contribution in [0.5, 0.6) is 0 Å². The lowest BCUT2D eigenvalue weighted by molar-refractivity contribution is -0.239. The van der Waals surface area contributed by atoms with Crippen LogP contribution < -0.4 is 22.3 Å². The Balaban J connectivity index is 1.51. The van der Waals surface area contributed by atoms with Crippen LogP contribution in [0.4, 0.5) is 0 Å². The van der Waals surface area contributed by atoms with Crippen molar-refractivity contribution in [3.8, 4) is 0 Å². The Morgan fingerprint density at radius 3 is 2.46 bits per heavy atom. The molecule has 3 aliphatic rings. The number of ether oxygens (including phenoxy) is 3. The number of hydrogen-bond acceptors (Lipinski definition) is 11. The maximum absolute atomic E-state index is 12.9. The van der Waals surface area contributed by atoms with Crippen LogP contribution in [0, 0.1) is 5.92 Å². The Bertz CT molecular complexity index is 1180. The number of hydrogen-bond donors (Lipinski definition) is 7. The van der Waals surface area contributed by atoms with E-state index in [2.05, 4.69) is 5.32 Å². The standard InChI is InChI=1S/C24H34N4O11/c25-20(34)19(18-12(10-29)16(32)22(38-18)28-8-7-15(31)27-24(28)36)39-23-17(33)13(30)9-14(37-23)21(35)26-11-5-3-1-2-4-6-11/h7-9,11-13,16-19,22-23,29-30,32-33H,1-6,10H2,(H2,25,34)(H,26,35)(H,27,31,36)/t12-,13-,16+,17-,18-,19+,22+,23+/m0/s1. The van der Waals surface area contributed by atoms with Crippen molar-refractivity contribution < 1.29 is 44.2 Å². The molecule has 1 aromatic heterocycles. The average Bonchev–Trinajstić information content (AvgIpc) is 3.03. The lowest BCUT2D eigenvalue weighted by Crippen LogP contribution is -2.53. The molecule has 4 rings (SSSR count). The number of nitrogens with one attached hydrogen (secondary N) is 2. The third-order valence-corrected chi connectivity index (χ3v) is 7.25. The Morgan fingerprint density at radius 2 is 1.85 bits per heavy atom. The number of rotatable bonds is 8. The predicted molar refractivity (Wildman–Crippen MR) is 130 cm³/mol. The molecule has 0 unspecified atom stereocenters. The third kappa shape index (κ3) is 6.40. The highest BCUT2D eigenvalue weighted by molar-refractivity contribution is 5.92. The van der Waals surface area contributed by atoms with Gasteiger partial charge in [0.05, 0.1) is 6.61 Å². The van der Waals surface area contributed by atoms with Crippen LogP contribution in [0.25, 0.3) is 0 Å². The molecule has 1 saturated heterocycles. The van der Waals surface area contributed by atoms with Crippen molar-refractivity contribution in [3.05, 3.63) is 44.9 Å². The number of carbonyl (C=O) groups is 2. The van der Waals surface area contributed by atoms with Gasteiger partial charge in [-0.1, -0.05) is 25.7 Å². The summed E-state index contributed by atoms with van der Waals surface area (Å²) >= 11 is 0. The number of aliphatic hydroxyl groups excluding tert-OH is 4. The van der Waals surface area contributed by atoms with Gasteiger partial charge in [0.2, 0.25) is 12.2 Å². The molecule has 15 heteroatoms. The molecular weight excluding hydrogens is 520 g/mol. The van der Waals surface area contributed by atoms with E-state index in [0.717, 1.165) is 61.4 Å². The van der Waals surface area contributed by atoms with E-state index >= 15 is 0 Å². The van der Waals surface area contributed by atoms with Crippen LogP contribution >= 0.6 is 0 Å². The highest BCUT2D eigenvalue weighted by Gasteiger charge is 2.51. The molecule has 2 aliphatic heterocycles. The normalized spacial score (nSPS) is 32.5. The first-order valence-electron chi connectivity index (χ1n) is 12.9. The summed E-state index contributed by atoms with van der Waals surface area (Å²) in [6.07, 6.45) is -3.54. The van der Waals surface area contributed by atoms with E-state index in [4.69, 9.17) is 19.9 Å². The fourth-order valence-electron chi connectivity index (χ4n) is 5.13. The molecule has 1 aromatic rings. The summed E-state index contributed by atoms with van der Waals surface area (Å²) in [6.45, 7) is -0.723. The highest BCUT2D eigenvalue weighted by atomic mass is 16.7. The largest absolute Gasteiger partial charge is 0.456 e. The molecule has 0 aromatic carbocycles. The van der Waals surface area contributed by atoms with Gasteiger partial charge in [0.15, 0.2) is 18.1 Å². The number of carbonyl (C=O) groups excluding carboxylic acids is 2. The molecule has 1 aliphatic carbocycles. The van der Waals surface area contributed by atoms with Gasteiger partial charge in [0, 0.05) is 24.2 Å². The van der Waals surface area contributed by atoms with E-state index in [1.165, 1.54) is 0 Å². The Hall–Kier alpha value is -3.08. The zero-order valence-electron chi connectivity index (χ0n) is 21.0. The number of H-pyrrole nitrogens is 1. The summed E-state index contributed by atoms with van der Waals surface area (Å²) in [5.41, 5.74) is 3.92. The molecule has 39 heavy (non-hydrogen) atoms. The minimum atomic E-state index is -1.77. The van der Waals surface area contributed by atoms with Gasteiger partial charge in [-0.05, 0) is 18.9 Å². The zero-order chi connectivity index (χ0) is 28.3. The smallest absolute Gasteiger partial charge is 0.330 e. The SMILES string of the molecule is NC(=O)[C@H](O[C@H]1OC(C(=O)NC2CCCCCC2)=C[C@H](O)[C@@H]1O)[C@H]1O[C@@H](n2ccc(=O)[nH]c2=O)[C@H](O)[C@@H]1CO. The summed E-state index contributed by atoms with van der Waals surface area (Å²) in [6, 6.07) is 0.931. The van der Waals surface area contributed by atoms with Crippen LogP contribution in [0.2, 0.25) is 0 Å². The van der Waals surface area contributed by atoms with Crippen molar-refractivity contribution in [2.45, 2.75) is 87.6 Å². The second kappa shape index (κ2) is 12.4.